The van der Waals surface area contributed by atoms with Crippen LogP contribution in [0.2, 0.25) is 0 Å². The van der Waals surface area contributed by atoms with E-state index in [2.05, 4.69) is 10.5 Å². The predicted molar refractivity (Wildman–Crippen MR) is 73.9 cm³/mol. The number of nitro groups is 1. The Labute approximate surface area is 116 Å². The molecule has 1 heterocycles. The van der Waals surface area contributed by atoms with Crippen molar-refractivity contribution in [3.63, 3.8) is 0 Å². The molecule has 1 rings (SSSR count). The molecule has 1 aromatic rings. The van der Waals surface area contributed by atoms with Gasteiger partial charge in [0.05, 0.1) is 11.1 Å². The lowest BCUT2D eigenvalue weighted by Gasteiger charge is -2.22. The molecule has 0 spiro atoms. The fourth-order valence-corrected chi connectivity index (χ4v) is 2.50. The summed E-state index contributed by atoms with van der Waals surface area (Å²) in [6, 6.07) is 0. The highest BCUT2D eigenvalue weighted by molar-refractivity contribution is 7.97. The maximum Gasteiger partial charge on any atom is 0.275 e. The smallest absolute Gasteiger partial charge is 0.275 e. The van der Waals surface area contributed by atoms with E-state index in [1.807, 2.05) is 18.2 Å². The van der Waals surface area contributed by atoms with Gasteiger partial charge >= 0.3 is 0 Å². The Kier molecular flexibility index (Phi) is 6.20. The number of aromatic nitrogens is 1. The molecule has 0 amide bonds. The first-order valence-corrected chi connectivity index (χ1v) is 6.86. The van der Waals surface area contributed by atoms with Gasteiger partial charge in [-0.1, -0.05) is 5.16 Å². The van der Waals surface area contributed by atoms with Gasteiger partial charge in [0, 0.05) is 24.9 Å². The molecule has 0 atom stereocenters. The van der Waals surface area contributed by atoms with Crippen LogP contribution in [0.1, 0.15) is 18.2 Å². The van der Waals surface area contributed by atoms with Crippen molar-refractivity contribution in [1.29, 1.82) is 0 Å². The van der Waals surface area contributed by atoms with Gasteiger partial charge in [0.2, 0.25) is 0 Å². The van der Waals surface area contributed by atoms with E-state index in [1.54, 1.807) is 13.2 Å². The van der Waals surface area contributed by atoms with Crippen LogP contribution < -0.4 is 5.32 Å². The molecule has 7 nitrogen and oxygen atoms in total. The molecule has 19 heavy (non-hydrogen) atoms. The zero-order valence-electron chi connectivity index (χ0n) is 11.3. The minimum absolute atomic E-state index is 0.459. The molecule has 8 heteroatoms. The summed E-state index contributed by atoms with van der Waals surface area (Å²) < 4.78 is 6.84. The largest absolute Gasteiger partial charge is 0.369 e. The molecule has 0 fully saturated rings. The Morgan fingerprint density at radius 3 is 2.95 bits per heavy atom. The van der Waals surface area contributed by atoms with Crippen molar-refractivity contribution in [3.05, 3.63) is 39.7 Å². The fraction of sp³-hybridized carbons (Fsp3) is 0.545. The highest BCUT2D eigenvalue weighted by Crippen LogP contribution is 2.18. The number of rotatable bonds is 8. The van der Waals surface area contributed by atoms with Crippen molar-refractivity contribution in [2.45, 2.75) is 20.3 Å². The van der Waals surface area contributed by atoms with E-state index in [9.17, 15) is 10.1 Å². The third-order valence-corrected chi connectivity index (χ3v) is 3.66. The maximum absolute atomic E-state index is 10.5. The normalized spacial score (nSPS) is 11.4. The van der Waals surface area contributed by atoms with E-state index < -0.39 is 4.92 Å². The summed E-state index contributed by atoms with van der Waals surface area (Å²) in [6.45, 7) is 4.49. The van der Waals surface area contributed by atoms with Crippen LogP contribution in [0, 0.1) is 17.0 Å². The molecule has 0 unspecified atom stereocenters. The summed E-state index contributed by atoms with van der Waals surface area (Å²) in [5.41, 5.74) is 1.06. The average molecular weight is 286 g/mol. The minimum atomic E-state index is -0.459. The molecule has 0 aromatic carbocycles. The second-order valence-electron chi connectivity index (χ2n) is 3.73. The second kappa shape index (κ2) is 7.67. The summed E-state index contributed by atoms with van der Waals surface area (Å²) in [4.78, 5) is 10.1. The van der Waals surface area contributed by atoms with Crippen LogP contribution in [0.4, 0.5) is 0 Å². The summed E-state index contributed by atoms with van der Waals surface area (Å²) in [5.74, 6) is 2.10. The van der Waals surface area contributed by atoms with Crippen LogP contribution in [-0.2, 0) is 6.42 Å². The highest BCUT2D eigenvalue weighted by Gasteiger charge is 2.11. The zero-order chi connectivity index (χ0) is 14.3. The number of nitrogens with zero attached hydrogens (tertiary/aromatic N) is 3. The van der Waals surface area contributed by atoms with Crippen LogP contribution in [0.15, 0.2) is 22.7 Å². The third-order valence-electron chi connectivity index (χ3n) is 2.51. The van der Waals surface area contributed by atoms with E-state index in [1.165, 1.54) is 11.9 Å². The molecule has 1 N–H and O–H groups in total. The number of aryl methyl sites for hydroxylation is 2. The molecule has 0 aliphatic heterocycles. The van der Waals surface area contributed by atoms with Crippen LogP contribution in [0.25, 0.3) is 0 Å². The first-order valence-electron chi connectivity index (χ1n) is 5.92. The molecule has 0 aliphatic carbocycles. The Balaban J connectivity index is 2.53. The lowest BCUT2D eigenvalue weighted by atomic mass is 10.2. The van der Waals surface area contributed by atoms with Crippen molar-refractivity contribution < 1.29 is 9.45 Å². The second-order valence-corrected chi connectivity index (χ2v) is 4.84. The molecule has 0 aliphatic rings. The van der Waals surface area contributed by atoms with Gasteiger partial charge in [-0.2, -0.15) is 0 Å². The van der Waals surface area contributed by atoms with Crippen LogP contribution >= 0.6 is 11.9 Å². The summed E-state index contributed by atoms with van der Waals surface area (Å²) in [5, 5.41) is 17.1. The van der Waals surface area contributed by atoms with Gasteiger partial charge in [0.25, 0.3) is 6.20 Å². The van der Waals surface area contributed by atoms with E-state index in [0.29, 0.717) is 12.4 Å². The lowest BCUT2D eigenvalue weighted by Crippen LogP contribution is -2.25. The van der Waals surface area contributed by atoms with Gasteiger partial charge in [-0.25, -0.2) is 0 Å². The minimum Gasteiger partial charge on any atom is -0.369 e. The molecule has 106 valence electrons. The van der Waals surface area contributed by atoms with E-state index in [0.717, 1.165) is 29.7 Å². The van der Waals surface area contributed by atoms with Gasteiger partial charge in [-0.3, -0.25) is 14.4 Å². The topological polar surface area (TPSA) is 84.4 Å². The zero-order valence-corrected chi connectivity index (χ0v) is 12.1. The van der Waals surface area contributed by atoms with Gasteiger partial charge < -0.3 is 9.84 Å². The Hall–Kier alpha value is -1.70. The number of nitrogens with one attached hydrogen (secondary N) is 1. The van der Waals surface area contributed by atoms with Crippen molar-refractivity contribution in [3.8, 4) is 0 Å². The number of hydrogen-bond acceptors (Lipinski definition) is 7. The lowest BCUT2D eigenvalue weighted by molar-refractivity contribution is -0.404. The average Bonchev–Trinajstić information content (AvgIpc) is 2.78. The first-order chi connectivity index (χ1) is 9.08. The fourth-order valence-electron chi connectivity index (χ4n) is 1.51. The van der Waals surface area contributed by atoms with Crippen LogP contribution in [0.5, 0.6) is 0 Å². The van der Waals surface area contributed by atoms with Crippen LogP contribution in [-0.4, -0.2) is 33.7 Å². The van der Waals surface area contributed by atoms with Gasteiger partial charge in [-0.05, 0) is 32.2 Å². The number of hydrogen-bond donors (Lipinski definition) is 1. The van der Waals surface area contributed by atoms with Crippen molar-refractivity contribution in [1.82, 2.24) is 14.8 Å². The SMILES string of the molecule is CCN(SCCc1cnoc1C)/C(=C\[N+](=O)[O-])NC. The summed E-state index contributed by atoms with van der Waals surface area (Å²) >= 11 is 1.53. The quantitative estimate of drug-likeness (QED) is 0.443. The van der Waals surface area contributed by atoms with Crippen molar-refractivity contribution in [2.24, 2.45) is 0 Å². The van der Waals surface area contributed by atoms with Gasteiger partial charge in [-0.15, -0.1) is 0 Å². The molecular weight excluding hydrogens is 268 g/mol. The van der Waals surface area contributed by atoms with E-state index in [4.69, 9.17) is 4.52 Å². The maximum atomic E-state index is 10.5. The summed E-state index contributed by atoms with van der Waals surface area (Å²) in [6.07, 6.45) is 3.49. The Morgan fingerprint density at radius 1 is 1.74 bits per heavy atom. The molecule has 1 aromatic heterocycles. The van der Waals surface area contributed by atoms with Gasteiger partial charge in [0.15, 0.2) is 5.82 Å². The monoisotopic (exact) mass is 286 g/mol. The Morgan fingerprint density at radius 2 is 2.47 bits per heavy atom. The first kappa shape index (κ1) is 15.4. The van der Waals surface area contributed by atoms with E-state index >= 15 is 0 Å². The van der Waals surface area contributed by atoms with Crippen molar-refractivity contribution >= 4 is 11.9 Å². The van der Waals surface area contributed by atoms with Crippen molar-refractivity contribution in [2.75, 3.05) is 19.3 Å². The molecule has 0 bridgehead atoms. The summed E-state index contributed by atoms with van der Waals surface area (Å²) in [7, 11) is 1.67. The van der Waals surface area contributed by atoms with Gasteiger partial charge in [0.1, 0.15) is 5.76 Å². The third kappa shape index (κ3) is 4.82. The van der Waals surface area contributed by atoms with E-state index in [-0.39, 0.29) is 0 Å². The molecule has 0 radical (unpaired) electrons. The highest BCUT2D eigenvalue weighted by atomic mass is 32.2. The van der Waals surface area contributed by atoms with Crippen LogP contribution in [0.3, 0.4) is 0 Å². The standard InChI is InChI=1S/C11H18N4O3S/c1-4-14(11(12-3)8-15(16)17)19-6-5-10-7-13-18-9(10)2/h7-8,12H,4-6H2,1-3H3/b11-8-. The Bertz CT molecular complexity index is 447. The molecular formula is C11H18N4O3S. The predicted octanol–water partition coefficient (Wildman–Crippen LogP) is 1.79. The molecule has 0 saturated heterocycles. The molecule has 0 saturated carbocycles.